The van der Waals surface area contributed by atoms with E-state index in [4.69, 9.17) is 18.6 Å². The van der Waals surface area contributed by atoms with Gasteiger partial charge in [-0.2, -0.15) is 0 Å². The summed E-state index contributed by atoms with van der Waals surface area (Å²) in [4.78, 5) is 25.0. The highest BCUT2D eigenvalue weighted by Gasteiger charge is 2.27. The number of nitrogens with zero attached hydrogens (tertiary/aromatic N) is 2. The summed E-state index contributed by atoms with van der Waals surface area (Å²) in [6.45, 7) is 5.31. The second-order valence-corrected chi connectivity index (χ2v) is 14.0. The fourth-order valence-corrected chi connectivity index (χ4v) is 5.73. The third-order valence-corrected chi connectivity index (χ3v) is 9.35. The normalized spacial score (nSPS) is 15.4. The highest BCUT2D eigenvalue weighted by molar-refractivity contribution is 7.89. The molecule has 0 saturated heterocycles. The first-order chi connectivity index (χ1) is 21.2. The number of amides is 2. The van der Waals surface area contributed by atoms with Crippen LogP contribution in [0.5, 0.6) is 0 Å². The molecule has 252 valence electrons. The molecule has 0 heterocycles. The zero-order valence-electron chi connectivity index (χ0n) is 28.0. The standard InChI is InChI=1S/C15H25N3O3S.C13H17NO2.C7H14/c1-17(2)9-10-18(3)22(20,21)12-14(15(16)19)11-13-7-5-4-6-8-13;1-4-6-8-11(3)13(16)14-10-12(15)9-7-5-2;1-7-5-3-2-4-6-7/h4-8,14H,9-12H2,1-3H3,(H2,16,19);1-2,6,8,11-12,15H,7,9-10H2,3H3,(H,14,16);7H,2-6H2,1H3/t14-;;/m1../s1. The summed E-state index contributed by atoms with van der Waals surface area (Å²) in [6.07, 6.45) is 21.4. The van der Waals surface area contributed by atoms with Gasteiger partial charge in [-0.3, -0.25) is 9.59 Å². The Bertz CT molecular complexity index is 1180. The fraction of sp³-hybridized carbons (Fsp3) is 0.600. The van der Waals surface area contributed by atoms with Gasteiger partial charge in [0.2, 0.25) is 21.8 Å². The van der Waals surface area contributed by atoms with E-state index in [1.807, 2.05) is 49.3 Å². The minimum Gasteiger partial charge on any atom is -0.391 e. The number of nitrogens with two attached hydrogens (primary N) is 1. The van der Waals surface area contributed by atoms with E-state index >= 15 is 0 Å². The Morgan fingerprint density at radius 2 is 1.73 bits per heavy atom. The summed E-state index contributed by atoms with van der Waals surface area (Å²) in [5.74, 6) is 3.74. The number of primary amides is 1. The Labute approximate surface area is 273 Å². The van der Waals surface area contributed by atoms with Crippen LogP contribution in [0.3, 0.4) is 0 Å². The van der Waals surface area contributed by atoms with Crippen molar-refractivity contribution >= 4 is 21.8 Å². The Morgan fingerprint density at radius 1 is 1.11 bits per heavy atom. The molecule has 3 atom stereocenters. The van der Waals surface area contributed by atoms with Gasteiger partial charge in [-0.05, 0) is 44.5 Å². The van der Waals surface area contributed by atoms with Gasteiger partial charge >= 0.3 is 0 Å². The number of carbonyl (C=O) groups excluding carboxylic acids is 2. The maximum atomic E-state index is 12.3. The summed E-state index contributed by atoms with van der Waals surface area (Å²) in [5.41, 5.74) is 6.28. The van der Waals surface area contributed by atoms with Gasteiger partial charge < -0.3 is 21.1 Å². The van der Waals surface area contributed by atoms with Crippen LogP contribution in [-0.4, -0.2) is 87.2 Å². The van der Waals surface area contributed by atoms with Crippen LogP contribution in [0.15, 0.2) is 42.5 Å². The number of hydrogen-bond donors (Lipinski definition) is 3. The maximum absolute atomic E-state index is 12.3. The van der Waals surface area contributed by atoms with Crippen molar-refractivity contribution in [2.45, 2.75) is 71.3 Å². The van der Waals surface area contributed by atoms with Gasteiger partial charge in [-0.15, -0.1) is 18.8 Å². The highest BCUT2D eigenvalue weighted by Crippen LogP contribution is 2.22. The molecule has 0 aromatic heterocycles. The predicted octanol–water partition coefficient (Wildman–Crippen LogP) is 3.44. The van der Waals surface area contributed by atoms with Gasteiger partial charge in [0.25, 0.3) is 0 Å². The van der Waals surface area contributed by atoms with E-state index in [9.17, 15) is 23.1 Å². The lowest BCUT2D eigenvalue weighted by molar-refractivity contribution is -0.123. The summed E-state index contributed by atoms with van der Waals surface area (Å²) in [7, 11) is 1.77. The van der Waals surface area contributed by atoms with Crippen LogP contribution >= 0.6 is 0 Å². The number of nitrogens with one attached hydrogen (secondary N) is 1. The molecule has 45 heavy (non-hydrogen) atoms. The fourth-order valence-electron chi connectivity index (χ4n) is 4.33. The van der Waals surface area contributed by atoms with E-state index in [1.54, 1.807) is 13.0 Å². The number of aliphatic hydroxyl groups excluding tert-OH is 1. The predicted molar refractivity (Wildman–Crippen MR) is 184 cm³/mol. The second kappa shape index (κ2) is 24.1. The lowest BCUT2D eigenvalue weighted by atomic mass is 9.91. The number of rotatable bonds is 15. The molecule has 0 spiro atoms. The Morgan fingerprint density at radius 3 is 2.22 bits per heavy atom. The zero-order valence-corrected chi connectivity index (χ0v) is 28.8. The molecule has 1 aliphatic rings. The minimum atomic E-state index is -3.51. The molecule has 10 heteroatoms. The molecule has 1 fully saturated rings. The molecule has 0 bridgehead atoms. The van der Waals surface area contributed by atoms with Gasteiger partial charge in [-0.1, -0.05) is 88.3 Å². The molecule has 1 aliphatic carbocycles. The average Bonchev–Trinajstić information content (AvgIpc) is 3.01. The minimum absolute atomic E-state index is 0.161. The number of carbonyl (C=O) groups is 2. The van der Waals surface area contributed by atoms with Crippen molar-refractivity contribution < 1.29 is 23.1 Å². The number of benzene rings is 1. The largest absolute Gasteiger partial charge is 0.391 e. The third-order valence-electron chi connectivity index (χ3n) is 7.40. The maximum Gasteiger partial charge on any atom is 0.226 e. The van der Waals surface area contributed by atoms with Gasteiger partial charge in [0.05, 0.1) is 23.7 Å². The summed E-state index contributed by atoms with van der Waals surface area (Å²) >= 11 is 0. The number of aliphatic hydroxyl groups is 1. The molecule has 0 aliphatic heterocycles. The first-order valence-corrected chi connectivity index (χ1v) is 17.3. The van der Waals surface area contributed by atoms with Gasteiger partial charge in [-0.25, -0.2) is 12.7 Å². The van der Waals surface area contributed by atoms with Crippen molar-refractivity contribution in [1.29, 1.82) is 0 Å². The van der Waals surface area contributed by atoms with E-state index in [-0.39, 0.29) is 24.1 Å². The Hall–Kier alpha value is -3.15. The van der Waals surface area contributed by atoms with Crippen molar-refractivity contribution in [3.05, 3.63) is 48.0 Å². The van der Waals surface area contributed by atoms with Crippen LogP contribution in [-0.2, 0) is 26.0 Å². The van der Waals surface area contributed by atoms with Crippen LogP contribution in [0.25, 0.3) is 0 Å². The van der Waals surface area contributed by atoms with Crippen LogP contribution in [0.2, 0.25) is 0 Å². The van der Waals surface area contributed by atoms with E-state index in [0.29, 0.717) is 32.4 Å². The number of terminal acetylenes is 2. The van der Waals surface area contributed by atoms with Gasteiger partial charge in [0.1, 0.15) is 0 Å². The third kappa shape index (κ3) is 21.3. The number of likely N-dealkylation sites (N-methyl/N-ethyl adjacent to an activating group) is 2. The molecule has 2 unspecified atom stereocenters. The van der Waals surface area contributed by atoms with Gasteiger partial charge in [0, 0.05) is 33.1 Å². The van der Waals surface area contributed by atoms with Crippen molar-refractivity contribution in [3.63, 3.8) is 0 Å². The first kappa shape index (κ1) is 41.9. The molecule has 1 aromatic carbocycles. The average molecular weight is 645 g/mol. The van der Waals surface area contributed by atoms with Crippen LogP contribution in [0, 0.1) is 42.4 Å². The Balaban J connectivity index is 0.000000730. The molecular formula is C35H56N4O5S. The van der Waals surface area contributed by atoms with Crippen molar-refractivity contribution in [1.82, 2.24) is 14.5 Å². The monoisotopic (exact) mass is 644 g/mol. The lowest BCUT2D eigenvalue weighted by Gasteiger charge is -2.22. The molecule has 4 N–H and O–H groups in total. The Kier molecular flexibility index (Phi) is 22.4. The van der Waals surface area contributed by atoms with Crippen LogP contribution in [0.1, 0.15) is 64.4 Å². The quantitative estimate of drug-likeness (QED) is 0.251. The summed E-state index contributed by atoms with van der Waals surface area (Å²) < 4.78 is 26.0. The lowest BCUT2D eigenvalue weighted by Crippen LogP contribution is -2.40. The number of allylic oxidation sites excluding steroid dienone is 1. The molecule has 2 rings (SSSR count). The van der Waals surface area contributed by atoms with Crippen molar-refractivity contribution in [3.8, 4) is 24.7 Å². The molecule has 0 radical (unpaired) electrons. The van der Waals surface area contributed by atoms with Crippen LogP contribution in [0.4, 0.5) is 0 Å². The van der Waals surface area contributed by atoms with E-state index in [1.165, 1.54) is 49.5 Å². The first-order valence-electron chi connectivity index (χ1n) is 15.7. The SMILES string of the molecule is C#CC=CC(C)C(=O)NCC(O)CCC#C.CC1CCCCC1.CN(C)CCN(C)S(=O)(=O)C[C@@H](Cc1ccccc1)C(N)=O. The summed E-state index contributed by atoms with van der Waals surface area (Å²) in [5, 5.41) is 12.0. The molecule has 2 amide bonds. The van der Waals surface area contributed by atoms with Gasteiger partial charge in [0.15, 0.2) is 0 Å². The second-order valence-electron chi connectivity index (χ2n) is 11.9. The van der Waals surface area contributed by atoms with Crippen molar-refractivity contribution in [2.24, 2.45) is 23.5 Å². The smallest absolute Gasteiger partial charge is 0.226 e. The molecular weight excluding hydrogens is 588 g/mol. The highest BCUT2D eigenvalue weighted by atomic mass is 32.2. The van der Waals surface area contributed by atoms with E-state index < -0.39 is 28.0 Å². The molecule has 1 saturated carbocycles. The topological polar surface area (TPSA) is 133 Å². The van der Waals surface area contributed by atoms with Crippen molar-refractivity contribution in [2.75, 3.05) is 46.5 Å². The zero-order chi connectivity index (χ0) is 34.3. The molecule has 9 nitrogen and oxygen atoms in total. The van der Waals surface area contributed by atoms with Crippen LogP contribution < -0.4 is 11.1 Å². The number of hydrogen-bond acceptors (Lipinski definition) is 6. The van der Waals surface area contributed by atoms with E-state index in [0.717, 1.165) is 11.5 Å². The van der Waals surface area contributed by atoms with E-state index in [2.05, 4.69) is 24.1 Å². The molecule has 1 aromatic rings. The summed E-state index contributed by atoms with van der Waals surface area (Å²) in [6, 6.07) is 9.29. The number of sulfonamides is 1.